The zero-order valence-corrected chi connectivity index (χ0v) is 6.20. The smallest absolute Gasteiger partial charge is 0.0912 e. The van der Waals surface area contributed by atoms with Crippen molar-refractivity contribution in [2.75, 3.05) is 0 Å². The van der Waals surface area contributed by atoms with Gasteiger partial charge in [0.2, 0.25) is 0 Å². The Labute approximate surface area is 65.6 Å². The Balaban J connectivity index is 2.59. The van der Waals surface area contributed by atoms with Crippen LogP contribution >= 0.6 is 0 Å². The summed E-state index contributed by atoms with van der Waals surface area (Å²) in [4.78, 5) is 0. The molecule has 1 rings (SSSR count). The van der Waals surface area contributed by atoms with E-state index in [4.69, 9.17) is 10.4 Å². The third-order valence-electron chi connectivity index (χ3n) is 1.94. The SMILES string of the molecule is N#C/C=C1/CC[C@H](O)C[C@@H]1O. The Bertz CT molecular complexity index is 205. The van der Waals surface area contributed by atoms with E-state index in [-0.39, 0.29) is 0 Å². The summed E-state index contributed by atoms with van der Waals surface area (Å²) in [5, 5.41) is 26.7. The lowest BCUT2D eigenvalue weighted by molar-refractivity contribution is 0.0712. The monoisotopic (exact) mass is 153 g/mol. The molecule has 0 aromatic carbocycles. The van der Waals surface area contributed by atoms with Crippen molar-refractivity contribution in [3.8, 4) is 6.07 Å². The normalized spacial score (nSPS) is 35.2. The highest BCUT2D eigenvalue weighted by Crippen LogP contribution is 2.23. The van der Waals surface area contributed by atoms with Crippen LogP contribution in [0.1, 0.15) is 19.3 Å². The Morgan fingerprint density at radius 1 is 1.55 bits per heavy atom. The summed E-state index contributed by atoms with van der Waals surface area (Å²) in [6.07, 6.45) is 2.02. The lowest BCUT2D eigenvalue weighted by atomic mass is 9.90. The van der Waals surface area contributed by atoms with E-state index >= 15 is 0 Å². The average Bonchev–Trinajstić information content (AvgIpc) is 1.95. The van der Waals surface area contributed by atoms with Crippen molar-refractivity contribution in [2.45, 2.75) is 31.5 Å². The molecule has 2 N–H and O–H groups in total. The molecule has 1 fully saturated rings. The molecule has 2 atom stereocenters. The molecule has 1 aliphatic rings. The van der Waals surface area contributed by atoms with E-state index in [1.54, 1.807) is 0 Å². The van der Waals surface area contributed by atoms with Gasteiger partial charge in [0.1, 0.15) is 0 Å². The van der Waals surface area contributed by atoms with Gasteiger partial charge in [0, 0.05) is 12.5 Å². The van der Waals surface area contributed by atoms with Gasteiger partial charge in [0.05, 0.1) is 18.3 Å². The summed E-state index contributed by atoms with van der Waals surface area (Å²) < 4.78 is 0. The molecule has 0 bridgehead atoms. The largest absolute Gasteiger partial charge is 0.393 e. The number of nitriles is 1. The van der Waals surface area contributed by atoms with Crippen LogP contribution in [0.5, 0.6) is 0 Å². The van der Waals surface area contributed by atoms with Gasteiger partial charge in [-0.1, -0.05) is 0 Å². The predicted octanol–water partition coefficient (Wildman–Crippen LogP) is 0.342. The molecule has 3 nitrogen and oxygen atoms in total. The Morgan fingerprint density at radius 3 is 2.82 bits per heavy atom. The maximum absolute atomic E-state index is 9.29. The second kappa shape index (κ2) is 3.51. The van der Waals surface area contributed by atoms with Gasteiger partial charge in [-0.25, -0.2) is 0 Å². The Morgan fingerprint density at radius 2 is 2.27 bits per heavy atom. The molecule has 0 spiro atoms. The molecule has 0 amide bonds. The molecule has 0 aromatic heterocycles. The first kappa shape index (κ1) is 8.25. The van der Waals surface area contributed by atoms with Crippen LogP contribution < -0.4 is 0 Å². The van der Waals surface area contributed by atoms with Crippen LogP contribution in [0.4, 0.5) is 0 Å². The molecular formula is C8H11NO2. The molecule has 11 heavy (non-hydrogen) atoms. The lowest BCUT2D eigenvalue weighted by Crippen LogP contribution is -2.25. The Kier molecular flexibility index (Phi) is 2.64. The maximum Gasteiger partial charge on any atom is 0.0912 e. The third-order valence-corrected chi connectivity index (χ3v) is 1.94. The first-order valence-electron chi connectivity index (χ1n) is 3.68. The van der Waals surface area contributed by atoms with Crippen LogP contribution in [0.2, 0.25) is 0 Å². The zero-order valence-electron chi connectivity index (χ0n) is 6.20. The van der Waals surface area contributed by atoms with E-state index in [1.807, 2.05) is 6.07 Å². The summed E-state index contributed by atoms with van der Waals surface area (Å²) in [7, 11) is 0. The van der Waals surface area contributed by atoms with Crippen molar-refractivity contribution in [3.05, 3.63) is 11.6 Å². The van der Waals surface area contributed by atoms with E-state index in [0.29, 0.717) is 19.3 Å². The highest BCUT2D eigenvalue weighted by Gasteiger charge is 2.21. The molecule has 0 saturated heterocycles. The first-order chi connectivity index (χ1) is 5.24. The van der Waals surface area contributed by atoms with E-state index in [0.717, 1.165) is 5.57 Å². The van der Waals surface area contributed by atoms with Gasteiger partial charge in [0.25, 0.3) is 0 Å². The fraction of sp³-hybridized carbons (Fsp3) is 0.625. The Hall–Kier alpha value is -0.850. The number of aliphatic hydroxyl groups is 2. The fourth-order valence-electron chi connectivity index (χ4n) is 1.28. The molecule has 1 aliphatic carbocycles. The van der Waals surface area contributed by atoms with Gasteiger partial charge in [0.15, 0.2) is 0 Å². The number of rotatable bonds is 0. The third kappa shape index (κ3) is 2.04. The van der Waals surface area contributed by atoms with E-state index in [2.05, 4.69) is 0 Å². The van der Waals surface area contributed by atoms with E-state index in [1.165, 1.54) is 6.08 Å². The van der Waals surface area contributed by atoms with Crippen LogP contribution in [0.15, 0.2) is 11.6 Å². The van der Waals surface area contributed by atoms with E-state index in [9.17, 15) is 5.11 Å². The van der Waals surface area contributed by atoms with Gasteiger partial charge in [-0.05, 0) is 18.4 Å². The minimum Gasteiger partial charge on any atom is -0.393 e. The second-order valence-electron chi connectivity index (χ2n) is 2.79. The molecule has 0 heterocycles. The van der Waals surface area contributed by atoms with Crippen LogP contribution in [-0.4, -0.2) is 22.4 Å². The quantitative estimate of drug-likeness (QED) is 0.493. The number of hydrogen-bond donors (Lipinski definition) is 2. The first-order valence-corrected chi connectivity index (χ1v) is 3.68. The van der Waals surface area contributed by atoms with Gasteiger partial charge < -0.3 is 10.2 Å². The lowest BCUT2D eigenvalue weighted by Gasteiger charge is -2.23. The number of aliphatic hydroxyl groups excluding tert-OH is 2. The summed E-state index contributed by atoms with van der Waals surface area (Å²) in [5.41, 5.74) is 0.748. The van der Waals surface area contributed by atoms with Crippen molar-refractivity contribution in [1.82, 2.24) is 0 Å². The van der Waals surface area contributed by atoms with Gasteiger partial charge in [-0.3, -0.25) is 0 Å². The molecule has 0 aromatic rings. The molecule has 0 radical (unpaired) electrons. The topological polar surface area (TPSA) is 64.2 Å². The van der Waals surface area contributed by atoms with Crippen molar-refractivity contribution in [3.63, 3.8) is 0 Å². The molecule has 0 unspecified atom stereocenters. The second-order valence-corrected chi connectivity index (χ2v) is 2.79. The molecule has 0 aliphatic heterocycles. The average molecular weight is 153 g/mol. The zero-order chi connectivity index (χ0) is 8.27. The number of allylic oxidation sites excluding steroid dienone is 1. The summed E-state index contributed by atoms with van der Waals surface area (Å²) in [5.74, 6) is 0. The predicted molar refractivity (Wildman–Crippen MR) is 39.6 cm³/mol. The van der Waals surface area contributed by atoms with Crippen molar-refractivity contribution in [2.24, 2.45) is 0 Å². The van der Waals surface area contributed by atoms with Crippen molar-refractivity contribution >= 4 is 0 Å². The summed E-state index contributed by atoms with van der Waals surface area (Å²) in [6, 6.07) is 1.88. The minimum atomic E-state index is -0.613. The van der Waals surface area contributed by atoms with Crippen molar-refractivity contribution in [1.29, 1.82) is 5.26 Å². The fourth-order valence-corrected chi connectivity index (χ4v) is 1.28. The molecule has 1 saturated carbocycles. The number of hydrogen-bond acceptors (Lipinski definition) is 3. The number of nitrogens with zero attached hydrogens (tertiary/aromatic N) is 1. The van der Waals surface area contributed by atoms with Gasteiger partial charge in [-0.2, -0.15) is 5.26 Å². The summed E-state index contributed by atoms with van der Waals surface area (Å²) >= 11 is 0. The van der Waals surface area contributed by atoms with Gasteiger partial charge in [-0.15, -0.1) is 0 Å². The minimum absolute atomic E-state index is 0.369. The molecule has 60 valence electrons. The summed E-state index contributed by atoms with van der Waals surface area (Å²) in [6.45, 7) is 0. The molecular weight excluding hydrogens is 142 g/mol. The van der Waals surface area contributed by atoms with E-state index < -0.39 is 12.2 Å². The highest BCUT2D eigenvalue weighted by atomic mass is 16.3. The molecule has 3 heteroatoms. The van der Waals surface area contributed by atoms with Crippen molar-refractivity contribution < 1.29 is 10.2 Å². The standard InChI is InChI=1S/C8H11NO2/c9-4-3-6-1-2-7(10)5-8(6)11/h3,7-8,10-11H,1-2,5H2/b6-3-/t7-,8-/m0/s1. The maximum atomic E-state index is 9.29. The van der Waals surface area contributed by atoms with Crippen LogP contribution in [0.3, 0.4) is 0 Å². The van der Waals surface area contributed by atoms with Gasteiger partial charge >= 0.3 is 0 Å². The highest BCUT2D eigenvalue weighted by molar-refractivity contribution is 5.19. The van der Waals surface area contributed by atoms with Crippen LogP contribution in [0.25, 0.3) is 0 Å². The van der Waals surface area contributed by atoms with Crippen LogP contribution in [0, 0.1) is 11.3 Å². The van der Waals surface area contributed by atoms with Crippen LogP contribution in [-0.2, 0) is 0 Å².